The van der Waals surface area contributed by atoms with Crippen molar-refractivity contribution < 1.29 is 4.73 Å². The first kappa shape index (κ1) is 14.0. The molecule has 0 atom stereocenters. The zero-order valence-corrected chi connectivity index (χ0v) is 12.2. The van der Waals surface area contributed by atoms with Crippen LogP contribution in [0.3, 0.4) is 0 Å². The standard InChI is InChI=1S/C15H18N4O/c1-11-10-19(20)12(2)9-15(11)17-16-13-5-7-14(8-6-13)18(3)4/h5-10H,1-4H3. The van der Waals surface area contributed by atoms with E-state index in [4.69, 9.17) is 0 Å². The fourth-order valence-corrected chi connectivity index (χ4v) is 1.76. The second-order valence-corrected chi connectivity index (χ2v) is 4.92. The number of hydrogen-bond donors (Lipinski definition) is 0. The summed E-state index contributed by atoms with van der Waals surface area (Å²) < 4.78 is 0.834. The van der Waals surface area contributed by atoms with Crippen LogP contribution >= 0.6 is 0 Å². The summed E-state index contributed by atoms with van der Waals surface area (Å²) in [5.74, 6) is 0. The molecule has 104 valence electrons. The largest absolute Gasteiger partial charge is 0.618 e. The Morgan fingerprint density at radius 3 is 2.30 bits per heavy atom. The minimum Gasteiger partial charge on any atom is -0.618 e. The highest BCUT2D eigenvalue weighted by Crippen LogP contribution is 2.23. The molecule has 5 heteroatoms. The van der Waals surface area contributed by atoms with Crippen molar-refractivity contribution >= 4 is 17.1 Å². The van der Waals surface area contributed by atoms with Gasteiger partial charge < -0.3 is 10.1 Å². The van der Waals surface area contributed by atoms with E-state index in [0.29, 0.717) is 11.4 Å². The SMILES string of the molecule is Cc1c[n+]([O-])c(C)cc1N=Nc1ccc(N(C)C)cc1. The van der Waals surface area contributed by atoms with Gasteiger partial charge in [-0.25, -0.2) is 0 Å². The maximum atomic E-state index is 11.4. The number of pyridine rings is 1. The molecule has 2 aromatic rings. The number of hydrogen-bond acceptors (Lipinski definition) is 4. The second kappa shape index (κ2) is 5.69. The molecule has 0 amide bonds. The van der Waals surface area contributed by atoms with Crippen LogP contribution in [0.15, 0.2) is 46.8 Å². The monoisotopic (exact) mass is 270 g/mol. The Morgan fingerprint density at radius 1 is 1.05 bits per heavy atom. The maximum Gasteiger partial charge on any atom is 0.191 e. The average Bonchev–Trinajstić information content (AvgIpc) is 2.42. The summed E-state index contributed by atoms with van der Waals surface area (Å²) >= 11 is 0. The third kappa shape index (κ3) is 3.12. The molecular formula is C15H18N4O. The number of benzene rings is 1. The summed E-state index contributed by atoms with van der Waals surface area (Å²) in [5, 5.41) is 19.8. The molecule has 5 nitrogen and oxygen atoms in total. The van der Waals surface area contributed by atoms with Crippen molar-refractivity contribution in [1.29, 1.82) is 0 Å². The lowest BCUT2D eigenvalue weighted by molar-refractivity contribution is -0.612. The molecule has 0 fully saturated rings. The number of nitrogens with zero attached hydrogens (tertiary/aromatic N) is 4. The Labute approximate surface area is 118 Å². The van der Waals surface area contributed by atoms with Crippen LogP contribution in [-0.4, -0.2) is 14.1 Å². The highest BCUT2D eigenvalue weighted by Gasteiger charge is 2.05. The van der Waals surface area contributed by atoms with Gasteiger partial charge in [-0.3, -0.25) is 0 Å². The second-order valence-electron chi connectivity index (χ2n) is 4.92. The van der Waals surface area contributed by atoms with E-state index in [0.717, 1.165) is 21.7 Å². The lowest BCUT2D eigenvalue weighted by atomic mass is 10.2. The lowest BCUT2D eigenvalue weighted by Gasteiger charge is -2.11. The van der Waals surface area contributed by atoms with Gasteiger partial charge in [0, 0.05) is 38.3 Å². The summed E-state index contributed by atoms with van der Waals surface area (Å²) in [6.07, 6.45) is 1.51. The van der Waals surface area contributed by atoms with E-state index in [2.05, 4.69) is 10.2 Å². The van der Waals surface area contributed by atoms with Crippen LogP contribution in [0, 0.1) is 19.1 Å². The van der Waals surface area contributed by atoms with Crippen molar-refractivity contribution in [3.05, 3.63) is 53.0 Å². The number of aryl methyl sites for hydroxylation is 2. The molecule has 1 aromatic carbocycles. The topological polar surface area (TPSA) is 54.9 Å². The number of aromatic nitrogens is 1. The summed E-state index contributed by atoms with van der Waals surface area (Å²) in [5.41, 5.74) is 4.02. The molecule has 0 radical (unpaired) electrons. The Morgan fingerprint density at radius 2 is 1.70 bits per heavy atom. The van der Waals surface area contributed by atoms with Crippen molar-refractivity contribution in [2.24, 2.45) is 10.2 Å². The highest BCUT2D eigenvalue weighted by atomic mass is 16.5. The van der Waals surface area contributed by atoms with Gasteiger partial charge in [-0.2, -0.15) is 9.84 Å². The minimum absolute atomic E-state index is 0.604. The fourth-order valence-electron chi connectivity index (χ4n) is 1.76. The molecule has 0 saturated carbocycles. The molecule has 0 aliphatic carbocycles. The molecule has 1 aromatic heterocycles. The first-order valence-electron chi connectivity index (χ1n) is 6.37. The molecule has 0 unspecified atom stereocenters. The number of azo groups is 1. The van der Waals surface area contributed by atoms with Crippen molar-refractivity contribution in [3.8, 4) is 0 Å². The van der Waals surface area contributed by atoms with Crippen LogP contribution in [0.5, 0.6) is 0 Å². The fraction of sp³-hybridized carbons (Fsp3) is 0.267. The van der Waals surface area contributed by atoms with E-state index < -0.39 is 0 Å². The molecule has 0 N–H and O–H groups in total. The van der Waals surface area contributed by atoms with E-state index in [-0.39, 0.29) is 0 Å². The molecule has 0 saturated heterocycles. The molecular weight excluding hydrogens is 252 g/mol. The molecule has 0 bridgehead atoms. The van der Waals surface area contributed by atoms with Crippen LogP contribution in [0.25, 0.3) is 0 Å². The molecule has 0 spiro atoms. The zero-order chi connectivity index (χ0) is 14.7. The van der Waals surface area contributed by atoms with Gasteiger partial charge in [0.1, 0.15) is 5.69 Å². The van der Waals surface area contributed by atoms with Gasteiger partial charge in [-0.1, -0.05) is 0 Å². The third-order valence-electron chi connectivity index (χ3n) is 3.05. The van der Waals surface area contributed by atoms with E-state index in [9.17, 15) is 5.21 Å². The Bertz CT molecular complexity index is 633. The van der Waals surface area contributed by atoms with E-state index in [1.807, 2.05) is 50.2 Å². The van der Waals surface area contributed by atoms with Crippen molar-refractivity contribution in [2.75, 3.05) is 19.0 Å². The van der Waals surface area contributed by atoms with E-state index in [1.165, 1.54) is 6.20 Å². The highest BCUT2D eigenvalue weighted by molar-refractivity contribution is 5.52. The third-order valence-corrected chi connectivity index (χ3v) is 3.05. The van der Waals surface area contributed by atoms with Crippen molar-refractivity contribution in [3.63, 3.8) is 0 Å². The maximum absolute atomic E-state index is 11.4. The normalized spacial score (nSPS) is 11.0. The van der Waals surface area contributed by atoms with E-state index >= 15 is 0 Å². The van der Waals surface area contributed by atoms with Crippen molar-refractivity contribution in [2.45, 2.75) is 13.8 Å². The van der Waals surface area contributed by atoms with Crippen LogP contribution in [0.4, 0.5) is 17.1 Å². The first-order valence-corrected chi connectivity index (χ1v) is 6.37. The van der Waals surface area contributed by atoms with Gasteiger partial charge in [0.2, 0.25) is 0 Å². The zero-order valence-electron chi connectivity index (χ0n) is 12.2. The predicted octanol–water partition coefficient (Wildman–Crippen LogP) is 3.42. The smallest absolute Gasteiger partial charge is 0.191 e. The Kier molecular flexibility index (Phi) is 3.98. The van der Waals surface area contributed by atoms with E-state index in [1.54, 1.807) is 13.0 Å². The minimum atomic E-state index is 0.604. The summed E-state index contributed by atoms with van der Waals surface area (Å²) in [4.78, 5) is 2.03. The molecule has 0 aliphatic rings. The predicted molar refractivity (Wildman–Crippen MR) is 79.8 cm³/mol. The summed E-state index contributed by atoms with van der Waals surface area (Å²) in [6, 6.07) is 9.54. The van der Waals surface area contributed by atoms with Crippen LogP contribution in [0.2, 0.25) is 0 Å². The molecule has 0 aliphatic heterocycles. The molecule has 2 rings (SSSR count). The van der Waals surface area contributed by atoms with Crippen molar-refractivity contribution in [1.82, 2.24) is 0 Å². The van der Waals surface area contributed by atoms with Gasteiger partial charge >= 0.3 is 0 Å². The Balaban J connectivity index is 2.23. The Hall–Kier alpha value is -2.43. The van der Waals surface area contributed by atoms with Gasteiger partial charge in [-0.05, 0) is 31.2 Å². The van der Waals surface area contributed by atoms with Crippen LogP contribution in [-0.2, 0) is 0 Å². The number of anilines is 1. The van der Waals surface area contributed by atoms with Gasteiger partial charge in [0.15, 0.2) is 11.9 Å². The van der Waals surface area contributed by atoms with Crippen LogP contribution < -0.4 is 9.63 Å². The number of rotatable bonds is 3. The first-order chi connectivity index (χ1) is 9.47. The summed E-state index contributed by atoms with van der Waals surface area (Å²) in [7, 11) is 3.98. The van der Waals surface area contributed by atoms with Crippen LogP contribution in [0.1, 0.15) is 11.3 Å². The quantitative estimate of drug-likeness (QED) is 0.487. The molecule has 1 heterocycles. The van der Waals surface area contributed by atoms with Gasteiger partial charge in [0.25, 0.3) is 0 Å². The summed E-state index contributed by atoms with van der Waals surface area (Å²) in [6.45, 7) is 3.59. The molecule has 20 heavy (non-hydrogen) atoms. The lowest BCUT2D eigenvalue weighted by Crippen LogP contribution is -2.29. The average molecular weight is 270 g/mol. The van der Waals surface area contributed by atoms with Gasteiger partial charge in [0.05, 0.1) is 5.69 Å². The van der Waals surface area contributed by atoms with Gasteiger partial charge in [-0.15, -0.1) is 5.11 Å².